The first-order valence-electron chi connectivity index (χ1n) is 12.1. The summed E-state index contributed by atoms with van der Waals surface area (Å²) in [4.78, 5) is 0. The van der Waals surface area contributed by atoms with Crippen LogP contribution >= 0.6 is 0 Å². The number of ether oxygens (including phenoxy) is 3. The van der Waals surface area contributed by atoms with Crippen molar-refractivity contribution in [1.29, 1.82) is 0 Å². The summed E-state index contributed by atoms with van der Waals surface area (Å²) in [5, 5.41) is 10.6. The summed E-state index contributed by atoms with van der Waals surface area (Å²) in [5.41, 5.74) is 6.58. The third kappa shape index (κ3) is 6.80. The summed E-state index contributed by atoms with van der Waals surface area (Å²) in [6, 6.07) is 34.8. The molecule has 0 spiro atoms. The van der Waals surface area contributed by atoms with Crippen molar-refractivity contribution in [2.75, 3.05) is 26.4 Å². The van der Waals surface area contributed by atoms with Gasteiger partial charge in [-0.3, -0.25) is 0 Å². The van der Waals surface area contributed by atoms with Crippen LogP contribution in [0.25, 0.3) is 22.3 Å². The number of hydrogen-bond donors (Lipinski definition) is 1. The van der Waals surface area contributed by atoms with Crippen molar-refractivity contribution in [2.24, 2.45) is 0 Å². The van der Waals surface area contributed by atoms with Gasteiger partial charge in [0.15, 0.2) is 0 Å². The summed E-state index contributed by atoms with van der Waals surface area (Å²) in [5.74, 6) is 0.309. The van der Waals surface area contributed by atoms with Crippen LogP contribution in [0.4, 0.5) is 0 Å². The Bertz CT molecular complexity index is 1200. The fraction of sp³-hybridized carbons (Fsp3) is 0.226. The van der Waals surface area contributed by atoms with Gasteiger partial charge in [-0.05, 0) is 40.3 Å². The van der Waals surface area contributed by atoms with Gasteiger partial charge in [0, 0.05) is 5.56 Å². The fourth-order valence-electron chi connectivity index (χ4n) is 4.03. The molecule has 0 aliphatic carbocycles. The largest absolute Gasteiger partial charge is 0.507 e. The van der Waals surface area contributed by atoms with Gasteiger partial charge in [-0.15, -0.1) is 0 Å². The molecule has 178 valence electrons. The van der Waals surface area contributed by atoms with E-state index in [4.69, 9.17) is 14.2 Å². The van der Waals surface area contributed by atoms with Crippen LogP contribution < -0.4 is 0 Å². The van der Waals surface area contributed by atoms with Crippen molar-refractivity contribution in [3.8, 4) is 28.0 Å². The van der Waals surface area contributed by atoms with Gasteiger partial charge in [-0.2, -0.15) is 0 Å². The molecule has 6 rings (SSSR count). The maximum absolute atomic E-state index is 10.6. The average molecular weight is 467 g/mol. The van der Waals surface area contributed by atoms with Crippen molar-refractivity contribution in [3.63, 3.8) is 0 Å². The van der Waals surface area contributed by atoms with Gasteiger partial charge in [-0.25, -0.2) is 0 Å². The van der Waals surface area contributed by atoms with Gasteiger partial charge >= 0.3 is 0 Å². The number of phenolic OH excluding ortho intramolecular Hbond substituents is 1. The van der Waals surface area contributed by atoms with E-state index in [1.807, 2.05) is 30.3 Å². The van der Waals surface area contributed by atoms with Crippen molar-refractivity contribution < 1.29 is 19.3 Å². The first kappa shape index (κ1) is 23.3. The second-order valence-corrected chi connectivity index (χ2v) is 8.88. The Labute approximate surface area is 206 Å². The summed E-state index contributed by atoms with van der Waals surface area (Å²) in [6.45, 7) is 3.26. The predicted molar refractivity (Wildman–Crippen MR) is 139 cm³/mol. The number of benzene rings is 4. The molecule has 4 aromatic carbocycles. The first-order chi connectivity index (χ1) is 17.3. The van der Waals surface area contributed by atoms with Crippen LogP contribution in [0.3, 0.4) is 0 Å². The lowest BCUT2D eigenvalue weighted by atomic mass is 9.92. The van der Waals surface area contributed by atoms with E-state index in [1.54, 1.807) is 6.07 Å². The molecule has 0 amide bonds. The lowest BCUT2D eigenvalue weighted by Gasteiger charge is -2.13. The molecule has 0 radical (unpaired) electrons. The third-order valence-corrected chi connectivity index (χ3v) is 6.01. The van der Waals surface area contributed by atoms with Crippen LogP contribution in [0.5, 0.6) is 5.75 Å². The molecule has 2 atom stereocenters. The molecule has 2 saturated heterocycles. The Morgan fingerprint density at radius 1 is 0.657 bits per heavy atom. The van der Waals surface area contributed by atoms with Gasteiger partial charge < -0.3 is 19.3 Å². The average Bonchev–Trinajstić information content (AvgIpc) is 3.83. The smallest absolute Gasteiger partial charge is 0.124 e. The summed E-state index contributed by atoms with van der Waals surface area (Å²) >= 11 is 0. The minimum absolute atomic E-state index is 0.309. The molecule has 1 N–H and O–H groups in total. The van der Waals surface area contributed by atoms with Gasteiger partial charge in [0.1, 0.15) is 18.0 Å². The Balaban J connectivity index is 0.000000234. The SMILES string of the molecule is C(OCC1CO1)C1CO1.Oc1cccc(-c2ccccc2)c1-c1cccc(Cc2ccccc2)c1. The molecule has 0 aromatic heterocycles. The second-order valence-electron chi connectivity index (χ2n) is 8.88. The van der Waals surface area contributed by atoms with E-state index in [2.05, 4.69) is 66.7 Å². The molecule has 0 bridgehead atoms. The number of rotatable bonds is 8. The van der Waals surface area contributed by atoms with Crippen LogP contribution in [0.1, 0.15) is 11.1 Å². The maximum Gasteiger partial charge on any atom is 0.124 e. The van der Waals surface area contributed by atoms with E-state index in [0.29, 0.717) is 18.0 Å². The number of aromatic hydroxyl groups is 1. The zero-order chi connectivity index (χ0) is 23.9. The van der Waals surface area contributed by atoms with E-state index in [-0.39, 0.29) is 0 Å². The molecule has 2 unspecified atom stereocenters. The standard InChI is InChI=1S/C25H20O.C6H10O3/c26-24-16-8-15-23(21-12-5-2-6-13-21)25(24)22-14-7-11-20(18-22)17-19-9-3-1-4-10-19;1(5-3-8-5)7-2-6-4-9-6/h1-16,18,26H,17H2;5-6H,1-4H2. The molecule has 0 saturated carbocycles. The van der Waals surface area contributed by atoms with Crippen molar-refractivity contribution in [1.82, 2.24) is 0 Å². The summed E-state index contributed by atoms with van der Waals surface area (Å²) in [6.07, 6.45) is 1.66. The van der Waals surface area contributed by atoms with Crippen LogP contribution in [0.15, 0.2) is 103 Å². The Hall–Kier alpha value is -3.44. The van der Waals surface area contributed by atoms with E-state index in [1.165, 1.54) is 11.1 Å². The number of epoxide rings is 2. The van der Waals surface area contributed by atoms with Crippen molar-refractivity contribution >= 4 is 0 Å². The highest BCUT2D eigenvalue weighted by atomic mass is 16.6. The van der Waals surface area contributed by atoms with Crippen molar-refractivity contribution in [2.45, 2.75) is 18.6 Å². The van der Waals surface area contributed by atoms with E-state index >= 15 is 0 Å². The van der Waals surface area contributed by atoms with Gasteiger partial charge in [-0.1, -0.05) is 97.1 Å². The molecule has 4 aromatic rings. The van der Waals surface area contributed by atoms with Crippen LogP contribution in [-0.2, 0) is 20.6 Å². The van der Waals surface area contributed by atoms with Crippen molar-refractivity contribution in [3.05, 3.63) is 114 Å². The summed E-state index contributed by atoms with van der Waals surface area (Å²) < 4.78 is 15.1. The highest BCUT2D eigenvalue weighted by molar-refractivity contribution is 5.87. The predicted octanol–water partition coefficient (Wildman–Crippen LogP) is 6.12. The monoisotopic (exact) mass is 466 g/mol. The minimum atomic E-state index is 0.309. The molecule has 4 nitrogen and oxygen atoms in total. The molecule has 35 heavy (non-hydrogen) atoms. The van der Waals surface area contributed by atoms with Gasteiger partial charge in [0.25, 0.3) is 0 Å². The molecule has 2 heterocycles. The zero-order valence-electron chi connectivity index (χ0n) is 19.7. The van der Waals surface area contributed by atoms with E-state index in [0.717, 1.165) is 55.1 Å². The maximum atomic E-state index is 10.6. The lowest BCUT2D eigenvalue weighted by molar-refractivity contribution is 0.102. The normalized spacial score (nSPS) is 17.8. The molecular formula is C31H30O4. The second kappa shape index (κ2) is 11.3. The van der Waals surface area contributed by atoms with E-state index < -0.39 is 0 Å². The topological polar surface area (TPSA) is 54.5 Å². The van der Waals surface area contributed by atoms with E-state index in [9.17, 15) is 5.11 Å². The Kier molecular flexibility index (Phi) is 7.54. The number of hydrogen-bond acceptors (Lipinski definition) is 4. The quantitative estimate of drug-likeness (QED) is 0.318. The Morgan fingerprint density at radius 2 is 1.23 bits per heavy atom. The Morgan fingerprint density at radius 3 is 1.89 bits per heavy atom. The van der Waals surface area contributed by atoms with Gasteiger partial charge in [0.05, 0.1) is 26.4 Å². The fourth-order valence-corrected chi connectivity index (χ4v) is 4.03. The number of phenols is 1. The molecule has 2 fully saturated rings. The molecule has 2 aliphatic rings. The van der Waals surface area contributed by atoms with Crippen LogP contribution in [-0.4, -0.2) is 43.7 Å². The highest BCUT2D eigenvalue weighted by Crippen LogP contribution is 2.38. The first-order valence-corrected chi connectivity index (χ1v) is 12.1. The molecule has 2 aliphatic heterocycles. The van der Waals surface area contributed by atoms with Crippen LogP contribution in [0.2, 0.25) is 0 Å². The highest BCUT2D eigenvalue weighted by Gasteiger charge is 2.26. The zero-order valence-corrected chi connectivity index (χ0v) is 19.7. The van der Waals surface area contributed by atoms with Crippen LogP contribution in [0, 0.1) is 0 Å². The van der Waals surface area contributed by atoms with Gasteiger partial charge in [0.2, 0.25) is 0 Å². The molecule has 4 heteroatoms. The third-order valence-electron chi connectivity index (χ3n) is 6.01. The minimum Gasteiger partial charge on any atom is -0.507 e. The molecular weight excluding hydrogens is 436 g/mol. The summed E-state index contributed by atoms with van der Waals surface area (Å²) in [7, 11) is 0. The lowest BCUT2D eigenvalue weighted by Crippen LogP contribution is -2.06.